The SMILES string of the molecule is CCCCCCCCCCC(NC)C(C)C1CC1. The fraction of sp³-hybridized carbons (Fsp3) is 1.00. The van der Waals surface area contributed by atoms with Crippen molar-refractivity contribution in [3.63, 3.8) is 0 Å². The van der Waals surface area contributed by atoms with Crippen LogP contribution in [-0.4, -0.2) is 13.1 Å². The molecule has 0 bridgehead atoms. The first kappa shape index (κ1) is 16.0. The summed E-state index contributed by atoms with van der Waals surface area (Å²) in [6, 6.07) is 0.776. The molecule has 0 heterocycles. The van der Waals surface area contributed by atoms with Gasteiger partial charge in [-0.1, -0.05) is 65.2 Å². The molecule has 1 fully saturated rings. The van der Waals surface area contributed by atoms with Gasteiger partial charge in [0.05, 0.1) is 0 Å². The summed E-state index contributed by atoms with van der Waals surface area (Å²) < 4.78 is 0. The van der Waals surface area contributed by atoms with Gasteiger partial charge in [-0.15, -0.1) is 0 Å². The predicted octanol–water partition coefficient (Wildman–Crippen LogP) is 5.15. The lowest BCUT2D eigenvalue weighted by molar-refractivity contribution is 0.332. The van der Waals surface area contributed by atoms with Gasteiger partial charge in [-0.25, -0.2) is 0 Å². The zero-order valence-corrected chi connectivity index (χ0v) is 13.0. The first-order valence-electron chi connectivity index (χ1n) is 8.46. The molecule has 1 heteroatoms. The molecule has 0 aromatic carbocycles. The Balaban J connectivity index is 1.92. The number of nitrogens with one attached hydrogen (secondary N) is 1. The first-order valence-corrected chi connectivity index (χ1v) is 8.46. The van der Waals surface area contributed by atoms with Gasteiger partial charge in [0.2, 0.25) is 0 Å². The molecule has 0 aromatic rings. The smallest absolute Gasteiger partial charge is 0.00923 e. The van der Waals surface area contributed by atoms with Crippen molar-refractivity contribution in [3.05, 3.63) is 0 Å². The van der Waals surface area contributed by atoms with Crippen LogP contribution < -0.4 is 5.32 Å². The van der Waals surface area contributed by atoms with Gasteiger partial charge in [-0.2, -0.15) is 0 Å². The van der Waals surface area contributed by atoms with Crippen molar-refractivity contribution in [2.24, 2.45) is 11.8 Å². The summed E-state index contributed by atoms with van der Waals surface area (Å²) in [4.78, 5) is 0. The molecule has 0 radical (unpaired) electrons. The summed E-state index contributed by atoms with van der Waals surface area (Å²) in [7, 11) is 2.15. The van der Waals surface area contributed by atoms with Gasteiger partial charge in [-0.05, 0) is 38.1 Å². The fourth-order valence-electron chi connectivity index (χ4n) is 3.12. The van der Waals surface area contributed by atoms with E-state index >= 15 is 0 Å². The quantitative estimate of drug-likeness (QED) is 0.474. The zero-order chi connectivity index (χ0) is 13.2. The van der Waals surface area contributed by atoms with E-state index in [9.17, 15) is 0 Å². The maximum absolute atomic E-state index is 3.54. The van der Waals surface area contributed by atoms with Crippen LogP contribution in [0, 0.1) is 11.8 Å². The summed E-state index contributed by atoms with van der Waals surface area (Å²) in [5.41, 5.74) is 0. The van der Waals surface area contributed by atoms with Crippen LogP contribution in [0.15, 0.2) is 0 Å². The van der Waals surface area contributed by atoms with Crippen LogP contribution in [0.1, 0.15) is 84.5 Å². The molecule has 0 spiro atoms. The molecule has 0 aliphatic heterocycles. The summed E-state index contributed by atoms with van der Waals surface area (Å²) in [5.74, 6) is 1.94. The van der Waals surface area contributed by atoms with Crippen molar-refractivity contribution in [2.45, 2.75) is 90.5 Å². The third kappa shape index (κ3) is 6.78. The van der Waals surface area contributed by atoms with Crippen molar-refractivity contribution >= 4 is 0 Å². The summed E-state index contributed by atoms with van der Waals surface area (Å²) in [6.07, 6.45) is 15.9. The Morgan fingerprint density at radius 2 is 1.50 bits per heavy atom. The number of unbranched alkanes of at least 4 members (excludes halogenated alkanes) is 7. The Morgan fingerprint density at radius 3 is 2.00 bits per heavy atom. The third-order valence-corrected chi connectivity index (χ3v) is 4.74. The van der Waals surface area contributed by atoms with E-state index in [1.807, 2.05) is 0 Å². The molecule has 1 N–H and O–H groups in total. The molecule has 1 aliphatic rings. The number of hydrogen-bond acceptors (Lipinski definition) is 1. The highest BCUT2D eigenvalue weighted by atomic mass is 14.9. The van der Waals surface area contributed by atoms with Crippen molar-refractivity contribution in [1.82, 2.24) is 5.32 Å². The Hall–Kier alpha value is -0.0400. The van der Waals surface area contributed by atoms with E-state index in [0.717, 1.165) is 17.9 Å². The molecular formula is C17H35N. The lowest BCUT2D eigenvalue weighted by atomic mass is 9.92. The van der Waals surface area contributed by atoms with Crippen LogP contribution in [0.2, 0.25) is 0 Å². The van der Waals surface area contributed by atoms with Gasteiger partial charge in [0.1, 0.15) is 0 Å². The second-order valence-corrected chi connectivity index (χ2v) is 6.36. The maximum Gasteiger partial charge on any atom is 0.00923 e. The second-order valence-electron chi connectivity index (χ2n) is 6.36. The van der Waals surface area contributed by atoms with Crippen molar-refractivity contribution in [3.8, 4) is 0 Å². The minimum Gasteiger partial charge on any atom is -0.317 e. The zero-order valence-electron chi connectivity index (χ0n) is 13.0. The Bertz CT molecular complexity index is 186. The molecule has 0 amide bonds. The molecule has 2 unspecified atom stereocenters. The molecule has 1 saturated carbocycles. The first-order chi connectivity index (χ1) is 8.79. The van der Waals surface area contributed by atoms with E-state index in [2.05, 4.69) is 26.2 Å². The lowest BCUT2D eigenvalue weighted by Crippen LogP contribution is -2.33. The van der Waals surface area contributed by atoms with E-state index in [1.54, 1.807) is 0 Å². The topological polar surface area (TPSA) is 12.0 Å². The van der Waals surface area contributed by atoms with Crippen LogP contribution in [0.3, 0.4) is 0 Å². The standard InChI is InChI=1S/C17H35N/c1-4-5-6-7-8-9-10-11-12-17(18-3)15(2)16-13-14-16/h15-18H,4-14H2,1-3H3. The van der Waals surface area contributed by atoms with E-state index in [4.69, 9.17) is 0 Å². The molecule has 1 nitrogen and oxygen atoms in total. The maximum atomic E-state index is 3.54. The number of rotatable bonds is 12. The average Bonchev–Trinajstić information content (AvgIpc) is 3.21. The minimum atomic E-state index is 0.776. The minimum absolute atomic E-state index is 0.776. The van der Waals surface area contributed by atoms with E-state index in [0.29, 0.717) is 0 Å². The van der Waals surface area contributed by atoms with Gasteiger partial charge in [0.15, 0.2) is 0 Å². The average molecular weight is 253 g/mol. The summed E-state index contributed by atoms with van der Waals surface area (Å²) in [5, 5.41) is 3.54. The van der Waals surface area contributed by atoms with Gasteiger partial charge in [-0.3, -0.25) is 0 Å². The highest BCUT2D eigenvalue weighted by molar-refractivity contribution is 4.85. The van der Waals surface area contributed by atoms with Crippen LogP contribution in [0.25, 0.3) is 0 Å². The molecular weight excluding hydrogens is 218 g/mol. The highest BCUT2D eigenvalue weighted by Crippen LogP contribution is 2.39. The molecule has 1 rings (SSSR count). The van der Waals surface area contributed by atoms with E-state index in [1.165, 1.54) is 70.6 Å². The monoisotopic (exact) mass is 253 g/mol. The van der Waals surface area contributed by atoms with Crippen LogP contribution in [-0.2, 0) is 0 Å². The molecule has 2 atom stereocenters. The molecule has 0 aromatic heterocycles. The van der Waals surface area contributed by atoms with Gasteiger partial charge < -0.3 is 5.32 Å². The molecule has 18 heavy (non-hydrogen) atoms. The van der Waals surface area contributed by atoms with Gasteiger partial charge in [0.25, 0.3) is 0 Å². The van der Waals surface area contributed by atoms with Gasteiger partial charge in [0, 0.05) is 6.04 Å². The van der Waals surface area contributed by atoms with Gasteiger partial charge >= 0.3 is 0 Å². The highest BCUT2D eigenvalue weighted by Gasteiger charge is 2.32. The van der Waals surface area contributed by atoms with E-state index < -0.39 is 0 Å². The Kier molecular flexibility index (Phi) is 8.75. The van der Waals surface area contributed by atoms with Crippen molar-refractivity contribution in [1.29, 1.82) is 0 Å². The molecule has 108 valence electrons. The van der Waals surface area contributed by atoms with Crippen molar-refractivity contribution < 1.29 is 0 Å². The van der Waals surface area contributed by atoms with Crippen LogP contribution in [0.5, 0.6) is 0 Å². The van der Waals surface area contributed by atoms with Crippen molar-refractivity contribution in [2.75, 3.05) is 7.05 Å². The molecule has 1 aliphatic carbocycles. The Labute approximate surface area is 115 Å². The number of hydrogen-bond donors (Lipinski definition) is 1. The lowest BCUT2D eigenvalue weighted by Gasteiger charge is -2.23. The fourth-order valence-corrected chi connectivity index (χ4v) is 3.12. The van der Waals surface area contributed by atoms with E-state index in [-0.39, 0.29) is 0 Å². The normalized spacial score (nSPS) is 18.8. The van der Waals surface area contributed by atoms with Crippen LogP contribution >= 0.6 is 0 Å². The summed E-state index contributed by atoms with van der Waals surface area (Å²) in [6.45, 7) is 4.74. The Morgan fingerprint density at radius 1 is 0.944 bits per heavy atom. The second kappa shape index (κ2) is 9.83. The predicted molar refractivity (Wildman–Crippen MR) is 82.0 cm³/mol. The molecule has 0 saturated heterocycles. The largest absolute Gasteiger partial charge is 0.317 e. The third-order valence-electron chi connectivity index (χ3n) is 4.74. The van der Waals surface area contributed by atoms with Crippen LogP contribution in [0.4, 0.5) is 0 Å². The summed E-state index contributed by atoms with van der Waals surface area (Å²) >= 11 is 0.